The summed E-state index contributed by atoms with van der Waals surface area (Å²) in [5, 5.41) is 12.9. The molecule has 0 unspecified atom stereocenters. The van der Waals surface area contributed by atoms with Crippen LogP contribution in [-0.4, -0.2) is 29.3 Å². The molecule has 1 aliphatic heterocycles. The summed E-state index contributed by atoms with van der Waals surface area (Å²) in [4.78, 5) is 15.0. The molecule has 2 aliphatic rings. The molecule has 1 amide bonds. The third kappa shape index (κ3) is 3.02. The van der Waals surface area contributed by atoms with Crippen LogP contribution in [0.5, 0.6) is 5.75 Å². The fourth-order valence-electron chi connectivity index (χ4n) is 4.29. The van der Waals surface area contributed by atoms with Crippen molar-refractivity contribution in [3.05, 3.63) is 71.0 Å². The maximum atomic E-state index is 14.0. The molecule has 3 aromatic rings. The normalized spacial score (nSPS) is 16.6. The van der Waals surface area contributed by atoms with Gasteiger partial charge in [0.15, 0.2) is 5.69 Å². The van der Waals surface area contributed by atoms with Crippen molar-refractivity contribution in [3.63, 3.8) is 0 Å². The summed E-state index contributed by atoms with van der Waals surface area (Å²) in [5.74, 6) is -0.0175. The number of fused-ring (bicyclic) bond motifs is 2. The molecule has 6 nitrogen and oxygen atoms in total. The number of hydrogen-bond acceptors (Lipinski definition) is 4. The number of nitriles is 1. The van der Waals surface area contributed by atoms with Gasteiger partial charge in [0.05, 0.1) is 24.4 Å². The SMILES string of the molecule is COc1ccc(-n2nc(C(F)(F)F)c3c2C(=O)N(c2ccc(C#N)cc2)CC32CC2)cc1. The Hall–Kier alpha value is -3.80. The molecule has 5 rings (SSSR count). The van der Waals surface area contributed by atoms with Crippen LogP contribution in [0, 0.1) is 11.3 Å². The lowest BCUT2D eigenvalue weighted by atomic mass is 9.88. The van der Waals surface area contributed by atoms with Gasteiger partial charge in [-0.1, -0.05) is 0 Å². The molecular formula is C23H17F3N4O2. The molecule has 162 valence electrons. The van der Waals surface area contributed by atoms with Gasteiger partial charge in [0.2, 0.25) is 0 Å². The zero-order valence-electron chi connectivity index (χ0n) is 17.0. The Kier molecular flexibility index (Phi) is 4.31. The number of hydrogen-bond donors (Lipinski definition) is 0. The lowest BCUT2D eigenvalue weighted by molar-refractivity contribution is -0.142. The molecule has 1 fully saturated rings. The van der Waals surface area contributed by atoms with Gasteiger partial charge in [-0.25, -0.2) is 4.68 Å². The van der Waals surface area contributed by atoms with E-state index in [1.54, 1.807) is 48.5 Å². The zero-order chi connectivity index (χ0) is 22.7. The first kappa shape index (κ1) is 20.1. The van der Waals surface area contributed by atoms with E-state index >= 15 is 0 Å². The van der Waals surface area contributed by atoms with Crippen LogP contribution in [0.15, 0.2) is 48.5 Å². The average molecular weight is 438 g/mol. The summed E-state index contributed by atoms with van der Waals surface area (Å²) < 4.78 is 48.1. The van der Waals surface area contributed by atoms with Gasteiger partial charge in [-0.05, 0) is 61.4 Å². The second-order valence-electron chi connectivity index (χ2n) is 8.01. The maximum absolute atomic E-state index is 14.0. The van der Waals surface area contributed by atoms with E-state index in [9.17, 15) is 18.0 Å². The van der Waals surface area contributed by atoms with E-state index in [1.165, 1.54) is 12.0 Å². The molecule has 9 heteroatoms. The molecule has 2 heterocycles. The number of carbonyl (C=O) groups is 1. The standard InChI is InChI=1S/C23H17F3N4O2/c1-32-17-8-6-16(7-9-17)30-19-18(20(28-30)23(24,25)26)22(10-11-22)13-29(21(19)31)15-4-2-14(12-27)3-5-15/h2-9H,10-11,13H2,1H3. The van der Waals surface area contributed by atoms with Crippen LogP contribution in [0.2, 0.25) is 0 Å². The summed E-state index contributed by atoms with van der Waals surface area (Å²) in [6, 6.07) is 14.8. The topological polar surface area (TPSA) is 71.2 Å². The maximum Gasteiger partial charge on any atom is 0.435 e. The van der Waals surface area contributed by atoms with E-state index in [0.29, 0.717) is 35.5 Å². The summed E-state index contributed by atoms with van der Waals surface area (Å²) in [6.45, 7) is 0.141. The molecule has 1 aromatic heterocycles. The van der Waals surface area contributed by atoms with Crippen LogP contribution < -0.4 is 9.64 Å². The number of aromatic nitrogens is 2. The van der Waals surface area contributed by atoms with Crippen molar-refractivity contribution in [2.24, 2.45) is 0 Å². The highest BCUT2D eigenvalue weighted by Gasteiger charge is 2.58. The van der Waals surface area contributed by atoms with Crippen molar-refractivity contribution in [3.8, 4) is 17.5 Å². The van der Waals surface area contributed by atoms with Gasteiger partial charge in [-0.15, -0.1) is 0 Å². The molecule has 1 aliphatic carbocycles. The van der Waals surface area contributed by atoms with E-state index in [1.807, 2.05) is 6.07 Å². The van der Waals surface area contributed by atoms with Crippen LogP contribution in [-0.2, 0) is 11.6 Å². The molecule has 0 N–H and O–H groups in total. The molecule has 1 spiro atoms. The van der Waals surface area contributed by atoms with Crippen LogP contribution in [0.25, 0.3) is 5.69 Å². The molecule has 2 aromatic carbocycles. The Morgan fingerprint density at radius 2 is 1.69 bits per heavy atom. The minimum atomic E-state index is -4.69. The van der Waals surface area contributed by atoms with Crippen molar-refractivity contribution in [2.75, 3.05) is 18.6 Å². The van der Waals surface area contributed by atoms with Gasteiger partial charge in [-0.3, -0.25) is 4.79 Å². The Morgan fingerprint density at radius 1 is 1.06 bits per heavy atom. The Bertz CT molecular complexity index is 1250. The Labute approximate surface area is 181 Å². The smallest absolute Gasteiger partial charge is 0.435 e. The zero-order valence-corrected chi connectivity index (χ0v) is 17.0. The van der Waals surface area contributed by atoms with Gasteiger partial charge in [0.1, 0.15) is 11.4 Å². The predicted octanol–water partition coefficient (Wildman–Crippen LogP) is 4.46. The van der Waals surface area contributed by atoms with Crippen molar-refractivity contribution < 1.29 is 22.7 Å². The average Bonchev–Trinajstić information content (AvgIpc) is 3.43. The first-order chi connectivity index (χ1) is 15.3. The largest absolute Gasteiger partial charge is 0.497 e. The third-order valence-corrected chi connectivity index (χ3v) is 6.07. The first-order valence-electron chi connectivity index (χ1n) is 9.94. The lowest BCUT2D eigenvalue weighted by Crippen LogP contribution is -2.44. The monoisotopic (exact) mass is 438 g/mol. The number of amides is 1. The van der Waals surface area contributed by atoms with Crippen molar-refractivity contribution in [1.82, 2.24) is 9.78 Å². The van der Waals surface area contributed by atoms with Gasteiger partial charge in [0.25, 0.3) is 5.91 Å². The van der Waals surface area contributed by atoms with Crippen LogP contribution >= 0.6 is 0 Å². The minimum absolute atomic E-state index is 0.0179. The minimum Gasteiger partial charge on any atom is -0.497 e. The number of carbonyl (C=O) groups excluding carboxylic acids is 1. The second-order valence-corrected chi connectivity index (χ2v) is 8.01. The molecule has 0 saturated heterocycles. The molecule has 0 atom stereocenters. The number of halogens is 3. The van der Waals surface area contributed by atoms with E-state index < -0.39 is 23.2 Å². The fraction of sp³-hybridized carbons (Fsp3) is 0.261. The first-order valence-corrected chi connectivity index (χ1v) is 9.94. The molecule has 32 heavy (non-hydrogen) atoms. The molecule has 1 saturated carbocycles. The quantitative estimate of drug-likeness (QED) is 0.605. The van der Waals surface area contributed by atoms with Gasteiger partial charge in [-0.2, -0.15) is 23.5 Å². The highest BCUT2D eigenvalue weighted by molar-refractivity contribution is 6.08. The predicted molar refractivity (Wildman–Crippen MR) is 109 cm³/mol. The third-order valence-electron chi connectivity index (χ3n) is 6.07. The lowest BCUT2D eigenvalue weighted by Gasteiger charge is -2.33. The number of nitrogens with zero attached hydrogens (tertiary/aromatic N) is 4. The summed E-state index contributed by atoms with van der Waals surface area (Å²) >= 11 is 0. The van der Waals surface area contributed by atoms with Crippen LogP contribution in [0.4, 0.5) is 18.9 Å². The number of methoxy groups -OCH3 is 1. The summed E-state index contributed by atoms with van der Waals surface area (Å²) in [6.07, 6.45) is -3.61. The fourth-order valence-corrected chi connectivity index (χ4v) is 4.29. The van der Waals surface area contributed by atoms with E-state index in [2.05, 4.69) is 5.10 Å². The van der Waals surface area contributed by atoms with Crippen LogP contribution in [0.3, 0.4) is 0 Å². The van der Waals surface area contributed by atoms with Crippen molar-refractivity contribution in [2.45, 2.75) is 24.4 Å². The van der Waals surface area contributed by atoms with Gasteiger partial charge >= 0.3 is 6.18 Å². The van der Waals surface area contributed by atoms with Crippen molar-refractivity contribution >= 4 is 11.6 Å². The van der Waals surface area contributed by atoms with E-state index in [0.717, 1.165) is 4.68 Å². The number of benzene rings is 2. The number of rotatable bonds is 3. The highest BCUT2D eigenvalue weighted by atomic mass is 19.4. The molecular weight excluding hydrogens is 421 g/mol. The number of anilines is 1. The number of ether oxygens (including phenoxy) is 1. The Morgan fingerprint density at radius 3 is 2.22 bits per heavy atom. The molecule has 0 radical (unpaired) electrons. The summed E-state index contributed by atoms with van der Waals surface area (Å²) in [5.41, 5.74) is -0.583. The Balaban J connectivity index is 1.70. The van der Waals surface area contributed by atoms with Gasteiger partial charge < -0.3 is 9.64 Å². The van der Waals surface area contributed by atoms with E-state index in [4.69, 9.17) is 10.00 Å². The van der Waals surface area contributed by atoms with Crippen LogP contribution in [0.1, 0.15) is 40.2 Å². The highest BCUT2D eigenvalue weighted by Crippen LogP contribution is 2.56. The second kappa shape index (κ2) is 6.85. The van der Waals surface area contributed by atoms with E-state index in [-0.39, 0.29) is 17.8 Å². The van der Waals surface area contributed by atoms with Crippen molar-refractivity contribution in [1.29, 1.82) is 5.26 Å². The molecule has 0 bridgehead atoms. The number of alkyl halides is 3. The summed E-state index contributed by atoms with van der Waals surface area (Å²) in [7, 11) is 1.49. The van der Waals surface area contributed by atoms with Gasteiger partial charge in [0, 0.05) is 23.2 Å².